The second-order valence-electron chi connectivity index (χ2n) is 6.32. The molecule has 0 radical (unpaired) electrons. The Morgan fingerprint density at radius 2 is 1.54 bits per heavy atom. The van der Waals surface area contributed by atoms with Crippen LogP contribution < -0.4 is 10.6 Å². The summed E-state index contributed by atoms with van der Waals surface area (Å²) >= 11 is 0. The van der Waals surface area contributed by atoms with Crippen molar-refractivity contribution < 1.29 is 0 Å². The molecule has 26 heavy (non-hydrogen) atoms. The van der Waals surface area contributed by atoms with Crippen LogP contribution >= 0.6 is 0 Å². The van der Waals surface area contributed by atoms with E-state index in [0.29, 0.717) is 0 Å². The Morgan fingerprint density at radius 1 is 0.808 bits per heavy atom. The molecule has 0 aliphatic heterocycles. The van der Waals surface area contributed by atoms with Gasteiger partial charge < -0.3 is 15.6 Å². The highest BCUT2D eigenvalue weighted by molar-refractivity contribution is 5.83. The molecule has 0 saturated heterocycles. The molecule has 130 valence electrons. The normalized spacial score (nSPS) is 10.8. The number of nitrogens with zero attached hydrogens (tertiary/aromatic N) is 1. The van der Waals surface area contributed by atoms with Crippen LogP contribution in [0.4, 0.5) is 11.4 Å². The molecule has 3 N–H and O–H groups in total. The van der Waals surface area contributed by atoms with E-state index in [0.717, 1.165) is 30.9 Å². The van der Waals surface area contributed by atoms with E-state index in [4.69, 9.17) is 0 Å². The number of para-hydroxylation sites is 1. The lowest BCUT2D eigenvalue weighted by atomic mass is 10.1. The third kappa shape index (κ3) is 3.86. The minimum absolute atomic E-state index is 0.801. The third-order valence-electron chi connectivity index (χ3n) is 4.53. The zero-order chi connectivity index (χ0) is 17.6. The van der Waals surface area contributed by atoms with Crippen LogP contribution in [0.25, 0.3) is 10.9 Å². The van der Waals surface area contributed by atoms with Gasteiger partial charge in [0.05, 0.1) is 0 Å². The first kappa shape index (κ1) is 16.2. The maximum absolute atomic E-state index is 4.04. The quantitative estimate of drug-likeness (QED) is 0.451. The maximum atomic E-state index is 4.04. The third-order valence-corrected chi connectivity index (χ3v) is 4.53. The fourth-order valence-electron chi connectivity index (χ4n) is 3.09. The van der Waals surface area contributed by atoms with Crippen molar-refractivity contribution in [3.63, 3.8) is 0 Å². The molecule has 0 saturated carbocycles. The summed E-state index contributed by atoms with van der Waals surface area (Å²) in [6.45, 7) is 1.71. The first-order valence-corrected chi connectivity index (χ1v) is 8.90. The largest absolute Gasteiger partial charge is 0.385 e. The molecule has 4 nitrogen and oxygen atoms in total. The Balaban J connectivity index is 1.29. The van der Waals surface area contributed by atoms with Crippen molar-refractivity contribution in [3.05, 3.63) is 90.4 Å². The summed E-state index contributed by atoms with van der Waals surface area (Å²) in [6.07, 6.45) is 6.74. The molecular formula is C22H22N4. The fourth-order valence-corrected chi connectivity index (χ4v) is 3.09. The predicted octanol–water partition coefficient (Wildman–Crippen LogP) is 4.83. The van der Waals surface area contributed by atoms with Gasteiger partial charge in [0, 0.05) is 54.0 Å². The first-order valence-electron chi connectivity index (χ1n) is 8.90. The highest BCUT2D eigenvalue weighted by Gasteiger charge is 2.02. The van der Waals surface area contributed by atoms with Crippen LogP contribution in [0, 0.1) is 0 Å². The van der Waals surface area contributed by atoms with E-state index >= 15 is 0 Å². The van der Waals surface area contributed by atoms with Gasteiger partial charge in [-0.15, -0.1) is 0 Å². The van der Waals surface area contributed by atoms with Gasteiger partial charge >= 0.3 is 0 Å². The molecule has 4 rings (SSSR count). The van der Waals surface area contributed by atoms with Crippen LogP contribution in [-0.4, -0.2) is 16.5 Å². The lowest BCUT2D eigenvalue weighted by Crippen LogP contribution is -2.05. The molecule has 0 amide bonds. The SMILES string of the molecule is c1ccc2c(CCNc3ccc(NCc4ccncc4)cc3)c[nH]c2c1. The molecule has 0 unspecified atom stereocenters. The summed E-state index contributed by atoms with van der Waals surface area (Å²) in [5, 5.41) is 8.24. The molecule has 0 aliphatic rings. The first-order chi connectivity index (χ1) is 12.9. The van der Waals surface area contributed by atoms with E-state index in [9.17, 15) is 0 Å². The van der Waals surface area contributed by atoms with Gasteiger partial charge in [0.25, 0.3) is 0 Å². The molecule has 2 heterocycles. The second-order valence-corrected chi connectivity index (χ2v) is 6.32. The van der Waals surface area contributed by atoms with E-state index in [2.05, 4.69) is 75.3 Å². The summed E-state index contributed by atoms with van der Waals surface area (Å²) in [5.74, 6) is 0. The van der Waals surface area contributed by atoms with E-state index in [-0.39, 0.29) is 0 Å². The average molecular weight is 342 g/mol. The Morgan fingerprint density at radius 3 is 2.35 bits per heavy atom. The number of aromatic amines is 1. The van der Waals surface area contributed by atoms with Crippen molar-refractivity contribution in [2.45, 2.75) is 13.0 Å². The summed E-state index contributed by atoms with van der Waals surface area (Å²) < 4.78 is 0. The van der Waals surface area contributed by atoms with Crippen LogP contribution in [0.1, 0.15) is 11.1 Å². The fraction of sp³-hybridized carbons (Fsp3) is 0.136. The highest BCUT2D eigenvalue weighted by atomic mass is 14.9. The number of aromatic nitrogens is 2. The van der Waals surface area contributed by atoms with Crippen LogP contribution in [0.3, 0.4) is 0 Å². The van der Waals surface area contributed by atoms with Gasteiger partial charge in [-0.1, -0.05) is 18.2 Å². The average Bonchev–Trinajstić information content (AvgIpc) is 3.11. The molecule has 0 fully saturated rings. The van der Waals surface area contributed by atoms with Gasteiger partial charge in [0.2, 0.25) is 0 Å². The van der Waals surface area contributed by atoms with Gasteiger partial charge in [0.15, 0.2) is 0 Å². The summed E-state index contributed by atoms with van der Waals surface area (Å²) in [7, 11) is 0. The number of anilines is 2. The second kappa shape index (κ2) is 7.74. The van der Waals surface area contributed by atoms with Crippen LogP contribution in [0.5, 0.6) is 0 Å². The van der Waals surface area contributed by atoms with Crippen LogP contribution in [-0.2, 0) is 13.0 Å². The topological polar surface area (TPSA) is 52.7 Å². The molecule has 2 aromatic heterocycles. The molecule has 0 bridgehead atoms. The lowest BCUT2D eigenvalue weighted by molar-refractivity contribution is 1.03. The number of rotatable bonds is 7. The van der Waals surface area contributed by atoms with Crippen molar-refractivity contribution in [3.8, 4) is 0 Å². The Hall–Kier alpha value is -3.27. The van der Waals surface area contributed by atoms with Crippen molar-refractivity contribution in [2.75, 3.05) is 17.2 Å². The van der Waals surface area contributed by atoms with E-state index in [1.807, 2.05) is 24.5 Å². The predicted molar refractivity (Wildman–Crippen MR) is 108 cm³/mol. The van der Waals surface area contributed by atoms with E-state index in [1.54, 1.807) is 0 Å². The lowest BCUT2D eigenvalue weighted by Gasteiger charge is -2.09. The Kier molecular flexibility index (Phi) is 4.83. The molecule has 0 atom stereocenters. The number of hydrogen-bond donors (Lipinski definition) is 3. The monoisotopic (exact) mass is 342 g/mol. The van der Waals surface area contributed by atoms with E-state index in [1.165, 1.54) is 22.0 Å². The highest BCUT2D eigenvalue weighted by Crippen LogP contribution is 2.19. The number of hydrogen-bond acceptors (Lipinski definition) is 3. The van der Waals surface area contributed by atoms with Gasteiger partial charge in [-0.3, -0.25) is 4.98 Å². The number of benzene rings is 2. The summed E-state index contributed by atoms with van der Waals surface area (Å²) in [4.78, 5) is 7.37. The standard InChI is InChI=1S/C22H22N4/c1-2-4-22-21(3-1)18(16-26-22)11-14-24-19-5-7-20(8-6-19)25-15-17-9-12-23-13-10-17/h1-10,12-13,16,24-26H,11,14-15H2. The van der Waals surface area contributed by atoms with Crippen molar-refractivity contribution in [2.24, 2.45) is 0 Å². The summed E-state index contributed by atoms with van der Waals surface area (Å²) in [5.41, 5.74) is 6.03. The summed E-state index contributed by atoms with van der Waals surface area (Å²) in [6, 6.07) is 20.9. The minimum atomic E-state index is 0.801. The van der Waals surface area contributed by atoms with Gasteiger partial charge in [-0.25, -0.2) is 0 Å². The number of H-pyrrole nitrogens is 1. The zero-order valence-corrected chi connectivity index (χ0v) is 14.6. The molecule has 4 aromatic rings. The minimum Gasteiger partial charge on any atom is -0.385 e. The van der Waals surface area contributed by atoms with Crippen molar-refractivity contribution in [1.29, 1.82) is 0 Å². The van der Waals surface area contributed by atoms with Crippen LogP contribution in [0.2, 0.25) is 0 Å². The van der Waals surface area contributed by atoms with Gasteiger partial charge in [0.1, 0.15) is 0 Å². The molecule has 4 heteroatoms. The van der Waals surface area contributed by atoms with Gasteiger partial charge in [-0.05, 0) is 60.0 Å². The van der Waals surface area contributed by atoms with Crippen molar-refractivity contribution >= 4 is 22.3 Å². The smallest absolute Gasteiger partial charge is 0.0456 e. The molecule has 2 aromatic carbocycles. The number of nitrogens with one attached hydrogen (secondary N) is 3. The van der Waals surface area contributed by atoms with Gasteiger partial charge in [-0.2, -0.15) is 0 Å². The maximum Gasteiger partial charge on any atom is 0.0456 e. The molecule has 0 aliphatic carbocycles. The van der Waals surface area contributed by atoms with Crippen LogP contribution in [0.15, 0.2) is 79.3 Å². The zero-order valence-electron chi connectivity index (χ0n) is 14.6. The molecule has 0 spiro atoms. The Labute approximate surface area is 153 Å². The Bertz CT molecular complexity index is 958. The molecular weight excluding hydrogens is 320 g/mol. The number of fused-ring (bicyclic) bond motifs is 1. The number of pyridine rings is 1. The van der Waals surface area contributed by atoms with E-state index < -0.39 is 0 Å². The van der Waals surface area contributed by atoms with Crippen molar-refractivity contribution in [1.82, 2.24) is 9.97 Å².